The zero-order valence-electron chi connectivity index (χ0n) is 33.8. The number of unbranched alkanes of at least 4 members (excludes halogenated alkanes) is 1. The molecule has 0 fully saturated rings. The Hall–Kier alpha value is -5.52. The lowest BCUT2D eigenvalue weighted by Gasteiger charge is -2.36. The lowest BCUT2D eigenvalue weighted by atomic mass is 9.89. The first kappa shape index (κ1) is 42.6. The average molecular weight is 778 g/mol. The van der Waals surface area contributed by atoms with E-state index in [0.717, 1.165) is 22.3 Å². The molecule has 1 aliphatic rings. The van der Waals surface area contributed by atoms with Crippen molar-refractivity contribution in [2.45, 2.75) is 103 Å². The van der Waals surface area contributed by atoms with Crippen LogP contribution in [0.3, 0.4) is 0 Å². The van der Waals surface area contributed by atoms with Gasteiger partial charge in [0.05, 0.1) is 0 Å². The third-order valence-electron chi connectivity index (χ3n) is 9.47. The maximum Gasteiger partial charge on any atom is 0.417 e. The van der Waals surface area contributed by atoms with Gasteiger partial charge in [0.2, 0.25) is 0 Å². The Morgan fingerprint density at radius 3 is 1.84 bits per heavy atom. The zero-order chi connectivity index (χ0) is 41.4. The van der Waals surface area contributed by atoms with Gasteiger partial charge in [-0.25, -0.2) is 19.3 Å². The highest BCUT2D eigenvalue weighted by Crippen LogP contribution is 2.44. The van der Waals surface area contributed by atoms with Crippen molar-refractivity contribution in [1.82, 2.24) is 4.90 Å². The van der Waals surface area contributed by atoms with Gasteiger partial charge in [-0.3, -0.25) is 4.79 Å². The molecule has 11 heteroatoms. The van der Waals surface area contributed by atoms with Crippen molar-refractivity contribution in [3.05, 3.63) is 125 Å². The van der Waals surface area contributed by atoms with E-state index < -0.39 is 46.7 Å². The quantitative estimate of drug-likeness (QED) is 0.0537. The van der Waals surface area contributed by atoms with Crippen LogP contribution in [0.5, 0.6) is 5.75 Å². The number of carbonyl (C=O) groups is 4. The monoisotopic (exact) mass is 777 g/mol. The normalized spacial score (nSPS) is 14.0. The van der Waals surface area contributed by atoms with Gasteiger partial charge in [-0.1, -0.05) is 91.0 Å². The summed E-state index contributed by atoms with van der Waals surface area (Å²) in [6.07, 6.45) is -0.715. The number of hydrogen-bond donors (Lipinski definition) is 2. The largest absolute Gasteiger partial charge is 0.488 e. The van der Waals surface area contributed by atoms with Gasteiger partial charge < -0.3 is 30.4 Å². The van der Waals surface area contributed by atoms with Gasteiger partial charge in [0.1, 0.15) is 36.2 Å². The van der Waals surface area contributed by atoms with Gasteiger partial charge in [-0.05, 0) is 113 Å². The van der Waals surface area contributed by atoms with Crippen molar-refractivity contribution in [2.24, 2.45) is 11.5 Å². The van der Waals surface area contributed by atoms with Gasteiger partial charge in [0.25, 0.3) is 5.91 Å². The zero-order valence-corrected chi connectivity index (χ0v) is 33.8. The molecule has 4 aromatic carbocycles. The second kappa shape index (κ2) is 18.2. The molecule has 5 rings (SSSR count). The minimum absolute atomic E-state index is 0.0184. The van der Waals surface area contributed by atoms with Crippen molar-refractivity contribution in [3.63, 3.8) is 0 Å². The summed E-state index contributed by atoms with van der Waals surface area (Å²) in [5.74, 6) is -2.88. The van der Waals surface area contributed by atoms with Crippen LogP contribution in [0.1, 0.15) is 89.0 Å². The van der Waals surface area contributed by atoms with E-state index >= 15 is 4.79 Å². The number of ether oxygens (including phenoxy) is 4. The van der Waals surface area contributed by atoms with Gasteiger partial charge >= 0.3 is 18.0 Å². The van der Waals surface area contributed by atoms with E-state index in [-0.39, 0.29) is 32.0 Å². The summed E-state index contributed by atoms with van der Waals surface area (Å²) in [7, 11) is 0. The van der Waals surface area contributed by atoms with E-state index in [1.54, 1.807) is 69.3 Å². The molecule has 11 nitrogen and oxygen atoms in total. The molecule has 0 bridgehead atoms. The molecule has 302 valence electrons. The number of amides is 2. The summed E-state index contributed by atoms with van der Waals surface area (Å²) >= 11 is 0. The molecule has 0 radical (unpaired) electrons. The first-order valence-electron chi connectivity index (χ1n) is 19.4. The molecule has 0 unspecified atom stereocenters. The van der Waals surface area contributed by atoms with Crippen molar-refractivity contribution in [3.8, 4) is 16.9 Å². The summed E-state index contributed by atoms with van der Waals surface area (Å²) in [5.41, 5.74) is 13.9. The summed E-state index contributed by atoms with van der Waals surface area (Å²) in [5, 5.41) is 0. The topological polar surface area (TPSA) is 160 Å². The van der Waals surface area contributed by atoms with Crippen molar-refractivity contribution in [1.29, 1.82) is 0 Å². The molecule has 0 saturated carbocycles. The molecular formula is C46H55N3O8. The standard InChI is InChI=1S/C46H55N3O8/c1-44(2,3)56-33-25-23-31(24-26-33)28-46(48,42(52)55-30-38-36-20-12-10-18-34(36)35-19-11-13-21-37(35)38)41(51)49(43(53)57-45(4,5)6)39(22-14-15-27-47)40(50)54-29-32-16-8-7-9-17-32/h7-13,16-21,23-26,38-39H,14-15,22,27-30,47-48H2,1-6H3/t39-,46-/m0/s1. The molecule has 57 heavy (non-hydrogen) atoms. The molecule has 0 spiro atoms. The summed E-state index contributed by atoms with van der Waals surface area (Å²) < 4.78 is 23.5. The number of nitrogens with two attached hydrogens (primary N) is 2. The number of rotatable bonds is 15. The molecule has 4 N–H and O–H groups in total. The number of carbonyl (C=O) groups excluding carboxylic acids is 4. The number of esters is 2. The van der Waals surface area contributed by atoms with E-state index in [9.17, 15) is 14.4 Å². The molecule has 4 aromatic rings. The van der Waals surface area contributed by atoms with E-state index in [1.165, 1.54) is 0 Å². The SMILES string of the molecule is CC(C)(C)OC(=O)N(C(=O)[C@@](N)(Cc1ccc(OC(C)(C)C)cc1)C(=O)OCC1c2ccccc2-c2ccccc21)[C@@H](CCCCN)C(=O)OCc1ccccc1. The predicted molar refractivity (Wildman–Crippen MR) is 218 cm³/mol. The van der Waals surface area contributed by atoms with Gasteiger partial charge in [-0.15, -0.1) is 0 Å². The maximum atomic E-state index is 15.2. The summed E-state index contributed by atoms with van der Waals surface area (Å²) in [4.78, 5) is 58.7. The second-order valence-corrected chi connectivity index (χ2v) is 16.4. The van der Waals surface area contributed by atoms with Crippen LogP contribution in [0.15, 0.2) is 103 Å². The molecule has 0 aliphatic heterocycles. The molecule has 2 amide bonds. The smallest absolute Gasteiger partial charge is 0.417 e. The Kier molecular flexibility index (Phi) is 13.6. The average Bonchev–Trinajstić information content (AvgIpc) is 3.48. The fourth-order valence-electron chi connectivity index (χ4n) is 6.85. The predicted octanol–water partition coefficient (Wildman–Crippen LogP) is 7.46. The Labute approximate surface area is 335 Å². The van der Waals surface area contributed by atoms with Gasteiger partial charge in [-0.2, -0.15) is 0 Å². The van der Waals surface area contributed by atoms with E-state index in [0.29, 0.717) is 41.2 Å². The van der Waals surface area contributed by atoms with Crippen LogP contribution in [-0.4, -0.2) is 64.8 Å². The van der Waals surface area contributed by atoms with E-state index in [2.05, 4.69) is 0 Å². The van der Waals surface area contributed by atoms with Crippen LogP contribution in [0, 0.1) is 0 Å². The van der Waals surface area contributed by atoms with Crippen LogP contribution in [0.25, 0.3) is 11.1 Å². The van der Waals surface area contributed by atoms with Crippen LogP contribution in [0.4, 0.5) is 4.79 Å². The summed E-state index contributed by atoms with van der Waals surface area (Å²) in [6.45, 7) is 10.7. The number of imide groups is 1. The summed E-state index contributed by atoms with van der Waals surface area (Å²) in [6, 6.07) is 30.0. The fraction of sp³-hybridized carbons (Fsp3) is 0.391. The number of hydrogen-bond acceptors (Lipinski definition) is 10. The third-order valence-corrected chi connectivity index (χ3v) is 9.47. The minimum Gasteiger partial charge on any atom is -0.488 e. The number of benzene rings is 4. The molecule has 1 aliphatic carbocycles. The third kappa shape index (κ3) is 10.9. The molecule has 0 heterocycles. The number of nitrogens with zero attached hydrogens (tertiary/aromatic N) is 1. The first-order valence-corrected chi connectivity index (χ1v) is 19.4. The molecular weight excluding hydrogens is 723 g/mol. The first-order chi connectivity index (χ1) is 27.0. The highest BCUT2D eigenvalue weighted by atomic mass is 16.6. The fourth-order valence-corrected chi connectivity index (χ4v) is 6.85. The van der Waals surface area contributed by atoms with Gasteiger partial charge in [0, 0.05) is 12.3 Å². The molecule has 2 atom stereocenters. The van der Waals surface area contributed by atoms with Crippen LogP contribution in [-0.2, 0) is 41.6 Å². The maximum absolute atomic E-state index is 15.2. The lowest BCUT2D eigenvalue weighted by Crippen LogP contribution is -2.66. The second-order valence-electron chi connectivity index (χ2n) is 16.4. The Bertz CT molecular complexity index is 1970. The highest BCUT2D eigenvalue weighted by Gasteiger charge is 2.52. The molecule has 0 aromatic heterocycles. The van der Waals surface area contributed by atoms with Crippen molar-refractivity contribution >= 4 is 23.9 Å². The van der Waals surface area contributed by atoms with Gasteiger partial charge in [0.15, 0.2) is 5.54 Å². The van der Waals surface area contributed by atoms with Crippen molar-refractivity contribution < 1.29 is 38.1 Å². The van der Waals surface area contributed by atoms with E-state index in [4.69, 9.17) is 30.4 Å². The Morgan fingerprint density at radius 2 is 1.28 bits per heavy atom. The van der Waals surface area contributed by atoms with E-state index in [1.807, 2.05) is 75.4 Å². The van der Waals surface area contributed by atoms with Crippen molar-refractivity contribution in [2.75, 3.05) is 13.2 Å². The minimum atomic E-state index is -2.51. The van der Waals surface area contributed by atoms with Crippen LogP contribution in [0.2, 0.25) is 0 Å². The van der Waals surface area contributed by atoms with Crippen LogP contribution >= 0.6 is 0 Å². The highest BCUT2D eigenvalue weighted by molar-refractivity contribution is 6.13. The lowest BCUT2D eigenvalue weighted by molar-refractivity contribution is -0.164. The Balaban J connectivity index is 1.54. The van der Waals surface area contributed by atoms with Crippen LogP contribution < -0.4 is 16.2 Å². The Morgan fingerprint density at radius 1 is 0.702 bits per heavy atom. The number of fused-ring (bicyclic) bond motifs is 3. The molecule has 0 saturated heterocycles.